The maximum atomic E-state index is 11.7. The molecule has 4 rings (SSSR count). The first kappa shape index (κ1) is 18.4. The van der Waals surface area contributed by atoms with Crippen LogP contribution < -0.4 is 10.5 Å². The number of benzene rings is 1. The second-order valence-electron chi connectivity index (χ2n) is 6.62. The van der Waals surface area contributed by atoms with Gasteiger partial charge in [0.15, 0.2) is 17.4 Å². The van der Waals surface area contributed by atoms with Gasteiger partial charge in [0.2, 0.25) is 5.88 Å². The van der Waals surface area contributed by atoms with Crippen LogP contribution in [-0.4, -0.2) is 30.6 Å². The normalized spacial score (nSPS) is 12.1. The fourth-order valence-electron chi connectivity index (χ4n) is 3.09. The number of carbonyl (C=O) groups is 1. The summed E-state index contributed by atoms with van der Waals surface area (Å²) >= 11 is 0. The zero-order chi connectivity index (χ0) is 20.5. The highest BCUT2D eigenvalue weighted by molar-refractivity contribution is 5.98. The van der Waals surface area contributed by atoms with Crippen LogP contribution in [0.3, 0.4) is 0 Å². The van der Waals surface area contributed by atoms with Gasteiger partial charge in [-0.2, -0.15) is 5.10 Å². The molecule has 29 heavy (non-hydrogen) atoms. The summed E-state index contributed by atoms with van der Waals surface area (Å²) in [5.74, 6) is 0.428. The number of pyridine rings is 2. The zero-order valence-electron chi connectivity index (χ0n) is 15.9. The lowest BCUT2D eigenvalue weighted by atomic mass is 10.1. The van der Waals surface area contributed by atoms with Crippen LogP contribution in [-0.2, 0) is 0 Å². The molecule has 3 N–H and O–H groups in total. The van der Waals surface area contributed by atoms with Crippen molar-refractivity contribution in [1.29, 1.82) is 0 Å². The number of nitrogens with two attached hydrogens (primary N) is 1. The summed E-state index contributed by atoms with van der Waals surface area (Å²) in [5.41, 5.74) is 8.50. The van der Waals surface area contributed by atoms with Crippen molar-refractivity contribution in [3.8, 4) is 17.3 Å². The van der Waals surface area contributed by atoms with Gasteiger partial charge in [0.05, 0.1) is 11.2 Å². The molecule has 0 amide bonds. The maximum Gasteiger partial charge on any atom is 0.211 e. The highest BCUT2D eigenvalue weighted by Crippen LogP contribution is 2.31. The van der Waals surface area contributed by atoms with Gasteiger partial charge >= 0.3 is 0 Å². The lowest BCUT2D eigenvalue weighted by Crippen LogP contribution is -2.12. The Morgan fingerprint density at radius 3 is 2.76 bits per heavy atom. The molecule has 1 atom stereocenters. The Morgan fingerprint density at radius 2 is 2.03 bits per heavy atom. The van der Waals surface area contributed by atoms with Crippen LogP contribution in [0.5, 0.6) is 11.6 Å². The van der Waals surface area contributed by atoms with Crippen molar-refractivity contribution in [2.24, 2.45) is 0 Å². The van der Waals surface area contributed by atoms with Crippen LogP contribution >= 0.6 is 0 Å². The van der Waals surface area contributed by atoms with E-state index in [1.807, 2.05) is 0 Å². The van der Waals surface area contributed by atoms with E-state index in [-0.39, 0.29) is 17.5 Å². The number of aromatic hydroxyl groups is 1. The molecule has 146 valence electrons. The second-order valence-corrected chi connectivity index (χ2v) is 6.62. The number of rotatable bonds is 5. The van der Waals surface area contributed by atoms with Crippen LogP contribution in [0.4, 0.5) is 5.82 Å². The quantitative estimate of drug-likeness (QED) is 0.502. The average molecular weight is 389 g/mol. The summed E-state index contributed by atoms with van der Waals surface area (Å²) in [7, 11) is 0. The molecule has 8 nitrogen and oxygen atoms in total. The number of Topliss-reactive ketones (excluding diaryl/α,β-unsaturated/α-hetero) is 1. The lowest BCUT2D eigenvalue weighted by molar-refractivity contribution is 0.101. The van der Waals surface area contributed by atoms with E-state index in [0.717, 1.165) is 5.39 Å². The number of anilines is 1. The van der Waals surface area contributed by atoms with E-state index in [1.165, 1.54) is 13.0 Å². The van der Waals surface area contributed by atoms with Crippen molar-refractivity contribution >= 4 is 22.5 Å². The SMILES string of the molecule is CC(=O)c1ccc2nc(N)c(O[C@@H](C)c3nc(O)ccc3-n3cccn3)cc2c1. The zero-order valence-corrected chi connectivity index (χ0v) is 15.9. The number of ether oxygens (including phenoxy) is 1. The fourth-order valence-corrected chi connectivity index (χ4v) is 3.09. The van der Waals surface area contributed by atoms with Gasteiger partial charge < -0.3 is 15.6 Å². The highest BCUT2D eigenvalue weighted by Gasteiger charge is 2.19. The van der Waals surface area contributed by atoms with Gasteiger partial charge in [-0.15, -0.1) is 0 Å². The predicted molar refractivity (Wildman–Crippen MR) is 108 cm³/mol. The van der Waals surface area contributed by atoms with Crippen LogP contribution in [0.2, 0.25) is 0 Å². The number of nitrogens with zero attached hydrogens (tertiary/aromatic N) is 4. The van der Waals surface area contributed by atoms with Crippen molar-refractivity contribution < 1.29 is 14.6 Å². The molecular weight excluding hydrogens is 370 g/mol. The van der Waals surface area contributed by atoms with Gasteiger partial charge in [-0.3, -0.25) is 4.79 Å². The fraction of sp³-hybridized carbons (Fsp3) is 0.143. The summed E-state index contributed by atoms with van der Waals surface area (Å²) in [6.07, 6.45) is 2.87. The van der Waals surface area contributed by atoms with E-state index in [4.69, 9.17) is 10.5 Å². The maximum absolute atomic E-state index is 11.7. The Hall–Kier alpha value is -3.94. The topological polar surface area (TPSA) is 116 Å². The van der Waals surface area contributed by atoms with Gasteiger partial charge in [0.25, 0.3) is 0 Å². The van der Waals surface area contributed by atoms with E-state index in [1.54, 1.807) is 60.4 Å². The van der Waals surface area contributed by atoms with Crippen molar-refractivity contribution in [3.05, 3.63) is 66.1 Å². The van der Waals surface area contributed by atoms with Gasteiger partial charge in [-0.05, 0) is 50.2 Å². The molecule has 3 aromatic heterocycles. The summed E-state index contributed by atoms with van der Waals surface area (Å²) < 4.78 is 7.69. The largest absolute Gasteiger partial charge is 0.493 e. The number of ketones is 1. The number of hydrogen-bond acceptors (Lipinski definition) is 7. The molecule has 0 spiro atoms. The number of aromatic nitrogens is 4. The van der Waals surface area contributed by atoms with Crippen LogP contribution in [0.25, 0.3) is 16.6 Å². The van der Waals surface area contributed by atoms with E-state index < -0.39 is 6.10 Å². The van der Waals surface area contributed by atoms with Crippen LogP contribution in [0, 0.1) is 0 Å². The minimum Gasteiger partial charge on any atom is -0.493 e. The molecule has 1 aromatic carbocycles. The number of carbonyl (C=O) groups excluding carboxylic acids is 1. The molecule has 0 saturated carbocycles. The molecule has 0 bridgehead atoms. The molecule has 0 fully saturated rings. The van der Waals surface area contributed by atoms with Gasteiger partial charge in [0, 0.05) is 29.4 Å². The van der Waals surface area contributed by atoms with Crippen molar-refractivity contribution in [2.45, 2.75) is 20.0 Å². The van der Waals surface area contributed by atoms with Gasteiger partial charge in [-0.25, -0.2) is 14.6 Å². The van der Waals surface area contributed by atoms with Gasteiger partial charge in [-0.1, -0.05) is 0 Å². The summed E-state index contributed by atoms with van der Waals surface area (Å²) in [6.45, 7) is 3.31. The lowest BCUT2D eigenvalue weighted by Gasteiger charge is -2.18. The van der Waals surface area contributed by atoms with Crippen LogP contribution in [0.15, 0.2) is 54.9 Å². The van der Waals surface area contributed by atoms with Crippen LogP contribution in [0.1, 0.15) is 36.0 Å². The smallest absolute Gasteiger partial charge is 0.211 e. The van der Waals surface area contributed by atoms with E-state index in [2.05, 4.69) is 15.1 Å². The molecule has 4 aromatic rings. The minimum absolute atomic E-state index is 0.0348. The molecular formula is C21H19N5O3. The molecule has 0 aliphatic rings. The molecule has 0 aliphatic heterocycles. The first-order valence-electron chi connectivity index (χ1n) is 9.00. The van der Waals surface area contributed by atoms with Crippen molar-refractivity contribution in [3.63, 3.8) is 0 Å². The molecule has 0 radical (unpaired) electrons. The summed E-state index contributed by atoms with van der Waals surface area (Å²) in [6, 6.07) is 12.0. The third-order valence-corrected chi connectivity index (χ3v) is 4.54. The Kier molecular flexibility index (Phi) is 4.59. The minimum atomic E-state index is -0.557. The number of fused-ring (bicyclic) bond motifs is 1. The Morgan fingerprint density at radius 1 is 1.21 bits per heavy atom. The first-order chi connectivity index (χ1) is 13.9. The first-order valence-corrected chi connectivity index (χ1v) is 9.00. The Labute approximate surface area is 166 Å². The highest BCUT2D eigenvalue weighted by atomic mass is 16.5. The molecule has 0 saturated heterocycles. The van der Waals surface area contributed by atoms with Gasteiger partial charge in [0.1, 0.15) is 11.8 Å². The standard InChI is InChI=1S/C21H19N5O3/c1-12(27)14-4-5-16-15(10-14)11-18(21(22)24-16)29-13(2)20-17(6-7-19(28)25-20)26-9-3-8-23-26/h3-11,13H,1-2H3,(H2,22,24)(H,25,28)/t13-/m0/s1. The second kappa shape index (κ2) is 7.23. The monoisotopic (exact) mass is 389 g/mol. The molecule has 8 heteroatoms. The molecule has 0 unspecified atom stereocenters. The Bertz CT molecular complexity index is 1200. The average Bonchev–Trinajstić information content (AvgIpc) is 3.22. The summed E-state index contributed by atoms with van der Waals surface area (Å²) in [4.78, 5) is 20.3. The predicted octanol–water partition coefficient (Wildman–Crippen LogP) is 3.45. The van der Waals surface area contributed by atoms with E-state index >= 15 is 0 Å². The Balaban J connectivity index is 1.72. The van der Waals surface area contributed by atoms with E-state index in [0.29, 0.717) is 28.2 Å². The number of hydrogen-bond donors (Lipinski definition) is 2. The number of nitrogen functional groups attached to an aromatic ring is 1. The summed E-state index contributed by atoms with van der Waals surface area (Å²) in [5, 5.41) is 14.8. The third-order valence-electron chi connectivity index (χ3n) is 4.54. The molecule has 3 heterocycles. The van der Waals surface area contributed by atoms with Crippen molar-refractivity contribution in [1.82, 2.24) is 19.7 Å². The van der Waals surface area contributed by atoms with E-state index in [9.17, 15) is 9.90 Å². The third kappa shape index (κ3) is 3.60. The molecule has 0 aliphatic carbocycles. The van der Waals surface area contributed by atoms with Crippen molar-refractivity contribution in [2.75, 3.05) is 5.73 Å².